The van der Waals surface area contributed by atoms with Gasteiger partial charge in [0, 0.05) is 13.6 Å². The Kier molecular flexibility index (Phi) is 4.59. The quantitative estimate of drug-likeness (QED) is 0.720. The second-order valence-electron chi connectivity index (χ2n) is 5.13. The van der Waals surface area contributed by atoms with Crippen molar-refractivity contribution in [2.45, 2.75) is 6.54 Å². The highest BCUT2D eigenvalue weighted by molar-refractivity contribution is 7.16. The number of hydrogen-bond donors (Lipinski definition) is 2. The Bertz CT molecular complexity index is 979. The van der Waals surface area contributed by atoms with Crippen LogP contribution in [0.25, 0.3) is 10.2 Å². The molecule has 2 aromatic carbocycles. The van der Waals surface area contributed by atoms with Crippen LogP contribution in [0.5, 0.6) is 0 Å². The van der Waals surface area contributed by atoms with Crippen molar-refractivity contribution in [1.82, 2.24) is 15.3 Å². The average Bonchev–Trinajstić information content (AvgIpc) is 2.95. The number of para-hydroxylation sites is 1. The first-order valence-electron chi connectivity index (χ1n) is 7.28. The summed E-state index contributed by atoms with van der Waals surface area (Å²) in [4.78, 5) is 12.6. The first kappa shape index (κ1) is 15.8. The van der Waals surface area contributed by atoms with E-state index < -0.39 is 0 Å². The van der Waals surface area contributed by atoms with Crippen molar-refractivity contribution in [2.75, 3.05) is 0 Å². The molecule has 3 aromatic rings. The minimum Gasteiger partial charge on any atom is -0.333 e. The Morgan fingerprint density at radius 1 is 1.25 bits per heavy atom. The van der Waals surface area contributed by atoms with Crippen molar-refractivity contribution in [3.63, 3.8) is 0 Å². The van der Waals surface area contributed by atoms with Crippen LogP contribution < -0.4 is 15.5 Å². The van der Waals surface area contributed by atoms with Crippen LogP contribution in [0.2, 0.25) is 0 Å². The van der Waals surface area contributed by atoms with Gasteiger partial charge in [0.2, 0.25) is 4.80 Å². The topological polar surface area (TPSA) is 82.2 Å². The number of aryl methyl sites for hydroxylation is 1. The van der Waals surface area contributed by atoms with Gasteiger partial charge in [-0.25, -0.2) is 10.2 Å². The maximum absolute atomic E-state index is 11.9. The van der Waals surface area contributed by atoms with Gasteiger partial charge in [-0.2, -0.15) is 5.26 Å². The molecule has 2 N–H and O–H groups in total. The number of amides is 2. The normalized spacial score (nSPS) is 11.2. The lowest BCUT2D eigenvalue weighted by molar-refractivity contribution is 0.240. The predicted octanol–water partition coefficient (Wildman–Crippen LogP) is 2.43. The summed E-state index contributed by atoms with van der Waals surface area (Å²) in [7, 11) is 1.91. The summed E-state index contributed by atoms with van der Waals surface area (Å²) < 4.78 is 3.04. The Balaban J connectivity index is 1.64. The number of thiazole rings is 1. The van der Waals surface area contributed by atoms with Crippen LogP contribution >= 0.6 is 11.3 Å². The van der Waals surface area contributed by atoms with Gasteiger partial charge in [0.1, 0.15) is 0 Å². The number of hydrogen-bond acceptors (Lipinski definition) is 4. The van der Waals surface area contributed by atoms with E-state index in [9.17, 15) is 4.79 Å². The Morgan fingerprint density at radius 2 is 2.00 bits per heavy atom. The van der Waals surface area contributed by atoms with E-state index in [4.69, 9.17) is 5.26 Å². The zero-order valence-electron chi connectivity index (χ0n) is 13.0. The fourth-order valence-electron chi connectivity index (χ4n) is 2.21. The van der Waals surface area contributed by atoms with Gasteiger partial charge in [-0.3, -0.25) is 0 Å². The number of carbonyl (C=O) groups excluding carboxylic acids is 1. The summed E-state index contributed by atoms with van der Waals surface area (Å²) >= 11 is 1.51. The second-order valence-corrected chi connectivity index (χ2v) is 6.14. The first-order valence-corrected chi connectivity index (χ1v) is 8.10. The van der Waals surface area contributed by atoms with Gasteiger partial charge in [-0.05, 0) is 29.8 Å². The highest BCUT2D eigenvalue weighted by atomic mass is 32.1. The molecule has 0 aliphatic heterocycles. The molecule has 7 heteroatoms. The number of urea groups is 1. The molecule has 6 nitrogen and oxygen atoms in total. The number of aromatic nitrogens is 1. The maximum atomic E-state index is 11.9. The van der Waals surface area contributed by atoms with E-state index in [2.05, 4.69) is 21.9 Å². The van der Waals surface area contributed by atoms with Crippen molar-refractivity contribution in [2.24, 2.45) is 12.1 Å². The molecule has 0 saturated carbocycles. The largest absolute Gasteiger partial charge is 0.335 e. The van der Waals surface area contributed by atoms with E-state index in [0.717, 1.165) is 15.8 Å². The summed E-state index contributed by atoms with van der Waals surface area (Å²) in [6, 6.07) is 16.7. The molecule has 120 valence electrons. The molecule has 1 aromatic heterocycles. The summed E-state index contributed by atoms with van der Waals surface area (Å²) in [5.74, 6) is 0. The van der Waals surface area contributed by atoms with Gasteiger partial charge in [-0.15, -0.1) is 5.10 Å². The third-order valence-electron chi connectivity index (χ3n) is 3.50. The molecule has 1 heterocycles. The van der Waals surface area contributed by atoms with Crippen LogP contribution in [0, 0.1) is 11.3 Å². The van der Waals surface area contributed by atoms with Gasteiger partial charge >= 0.3 is 6.03 Å². The van der Waals surface area contributed by atoms with E-state index in [1.165, 1.54) is 11.3 Å². The molecule has 24 heavy (non-hydrogen) atoms. The van der Waals surface area contributed by atoms with Crippen LogP contribution in [0.15, 0.2) is 53.6 Å². The van der Waals surface area contributed by atoms with Gasteiger partial charge in [0.15, 0.2) is 0 Å². The highest BCUT2D eigenvalue weighted by Gasteiger charge is 2.03. The number of rotatable bonds is 3. The third-order valence-corrected chi connectivity index (χ3v) is 4.62. The zero-order valence-corrected chi connectivity index (χ0v) is 13.8. The molecule has 0 atom stereocenters. The molecular formula is C17H15N5OS. The van der Waals surface area contributed by atoms with Crippen molar-refractivity contribution in [1.29, 1.82) is 5.26 Å². The summed E-state index contributed by atoms with van der Waals surface area (Å²) in [5.41, 5.74) is 5.08. The molecule has 0 saturated heterocycles. The minimum atomic E-state index is -0.378. The lowest BCUT2D eigenvalue weighted by Crippen LogP contribution is -2.33. The molecule has 3 rings (SSSR count). The number of fused-ring (bicyclic) bond motifs is 1. The minimum absolute atomic E-state index is 0.367. The number of nitriles is 1. The van der Waals surface area contributed by atoms with Gasteiger partial charge in [-0.1, -0.05) is 35.6 Å². The summed E-state index contributed by atoms with van der Waals surface area (Å²) in [5, 5.41) is 15.6. The predicted molar refractivity (Wildman–Crippen MR) is 92.9 cm³/mol. The van der Waals surface area contributed by atoms with E-state index in [-0.39, 0.29) is 6.03 Å². The lowest BCUT2D eigenvalue weighted by Gasteiger charge is -2.04. The molecule has 0 radical (unpaired) electrons. The van der Waals surface area contributed by atoms with Crippen LogP contribution in [-0.2, 0) is 13.6 Å². The second kappa shape index (κ2) is 6.98. The first-order chi connectivity index (χ1) is 11.7. The van der Waals surface area contributed by atoms with E-state index >= 15 is 0 Å². The van der Waals surface area contributed by atoms with Gasteiger partial charge in [0.25, 0.3) is 0 Å². The maximum Gasteiger partial charge on any atom is 0.335 e. The highest BCUT2D eigenvalue weighted by Crippen LogP contribution is 2.14. The fraction of sp³-hybridized carbons (Fsp3) is 0.118. The summed E-state index contributed by atoms with van der Waals surface area (Å²) in [6.45, 7) is 0.367. The smallest absolute Gasteiger partial charge is 0.333 e. The van der Waals surface area contributed by atoms with Gasteiger partial charge in [0.05, 0.1) is 21.8 Å². The lowest BCUT2D eigenvalue weighted by atomic mass is 10.1. The Morgan fingerprint density at radius 3 is 2.71 bits per heavy atom. The third kappa shape index (κ3) is 3.45. The number of nitrogens with zero attached hydrogens (tertiary/aromatic N) is 3. The monoisotopic (exact) mass is 337 g/mol. The summed E-state index contributed by atoms with van der Waals surface area (Å²) in [6.07, 6.45) is 0. The molecule has 0 bridgehead atoms. The molecule has 0 unspecified atom stereocenters. The van der Waals surface area contributed by atoms with Crippen LogP contribution in [0.1, 0.15) is 11.1 Å². The van der Waals surface area contributed by atoms with Crippen molar-refractivity contribution < 1.29 is 4.79 Å². The van der Waals surface area contributed by atoms with E-state index in [1.54, 1.807) is 12.1 Å². The van der Waals surface area contributed by atoms with Crippen LogP contribution in [0.3, 0.4) is 0 Å². The van der Waals surface area contributed by atoms with Crippen molar-refractivity contribution in [3.05, 3.63) is 64.5 Å². The average molecular weight is 337 g/mol. The molecule has 0 spiro atoms. The SMILES string of the molecule is Cn1/c(=N\NC(=O)NCc2ccc(C#N)cc2)sc2ccccc21. The number of carbonyl (C=O) groups is 1. The fourth-order valence-corrected chi connectivity index (χ4v) is 3.19. The van der Waals surface area contributed by atoms with E-state index in [1.807, 2.05) is 48.0 Å². The Hall–Kier alpha value is -3.11. The standard InChI is InChI=1S/C17H15N5OS/c1-22-14-4-2-3-5-15(14)24-17(22)21-20-16(23)19-11-13-8-6-12(10-18)7-9-13/h2-9H,11H2,1H3,(H2,19,20,23)/b21-17+. The molecule has 0 fully saturated rings. The number of benzene rings is 2. The number of nitrogens with one attached hydrogen (secondary N) is 2. The van der Waals surface area contributed by atoms with Crippen molar-refractivity contribution >= 4 is 27.6 Å². The van der Waals surface area contributed by atoms with E-state index in [0.29, 0.717) is 16.9 Å². The van der Waals surface area contributed by atoms with Crippen molar-refractivity contribution in [3.8, 4) is 6.07 Å². The molecule has 0 aliphatic carbocycles. The van der Waals surface area contributed by atoms with Crippen LogP contribution in [0.4, 0.5) is 4.79 Å². The Labute approximate surface area is 142 Å². The van der Waals surface area contributed by atoms with Crippen LogP contribution in [-0.4, -0.2) is 10.6 Å². The molecule has 0 aliphatic rings. The molecular weight excluding hydrogens is 322 g/mol. The zero-order chi connectivity index (χ0) is 16.9. The molecule has 2 amide bonds. The van der Waals surface area contributed by atoms with Gasteiger partial charge < -0.3 is 9.88 Å².